The molecule has 0 saturated carbocycles. The lowest BCUT2D eigenvalue weighted by Gasteiger charge is -2.24. The molecule has 1 N–H and O–H groups in total. The Kier molecular flexibility index (Phi) is 8.13. The van der Waals surface area contributed by atoms with E-state index in [2.05, 4.69) is 22.3 Å². The Morgan fingerprint density at radius 1 is 1.00 bits per heavy atom. The van der Waals surface area contributed by atoms with Crippen molar-refractivity contribution in [3.8, 4) is 0 Å². The van der Waals surface area contributed by atoms with Gasteiger partial charge < -0.3 is 10.2 Å². The van der Waals surface area contributed by atoms with Crippen LogP contribution in [0.3, 0.4) is 0 Å². The van der Waals surface area contributed by atoms with E-state index in [0.29, 0.717) is 30.6 Å². The van der Waals surface area contributed by atoms with Crippen molar-refractivity contribution in [2.45, 2.75) is 64.6 Å². The van der Waals surface area contributed by atoms with Gasteiger partial charge in [0.2, 0.25) is 5.91 Å². The summed E-state index contributed by atoms with van der Waals surface area (Å²) in [4.78, 5) is 40.8. The smallest absolute Gasteiger partial charge is 0.272 e. The van der Waals surface area contributed by atoms with Gasteiger partial charge in [-0.1, -0.05) is 37.1 Å². The molecule has 2 fully saturated rings. The van der Waals surface area contributed by atoms with E-state index in [1.807, 2.05) is 12.1 Å². The summed E-state index contributed by atoms with van der Waals surface area (Å²) in [7, 11) is 0. The number of nitrogens with one attached hydrogen (secondary N) is 1. The summed E-state index contributed by atoms with van der Waals surface area (Å²) in [6.07, 6.45) is 6.50. The third-order valence-electron chi connectivity index (χ3n) is 7.02. The highest BCUT2D eigenvalue weighted by Crippen LogP contribution is 2.24. The Morgan fingerprint density at radius 2 is 1.74 bits per heavy atom. The number of rotatable bonds is 7. The average molecular weight is 479 g/mol. The van der Waals surface area contributed by atoms with Crippen LogP contribution in [0.5, 0.6) is 0 Å². The normalized spacial score (nSPS) is 18.8. The van der Waals surface area contributed by atoms with Gasteiger partial charge in [0.25, 0.3) is 11.6 Å². The first-order chi connectivity index (χ1) is 16.9. The molecule has 186 valence electrons. The zero-order valence-corrected chi connectivity index (χ0v) is 20.4. The minimum Gasteiger partial charge on any atom is -0.350 e. The van der Waals surface area contributed by atoms with Gasteiger partial charge in [-0.05, 0) is 69.0 Å². The summed E-state index contributed by atoms with van der Waals surface area (Å²) in [6, 6.07) is 12.2. The third-order valence-corrected chi connectivity index (χ3v) is 7.02. The Morgan fingerprint density at radius 3 is 2.46 bits per heavy atom. The molecule has 2 aliphatic heterocycles. The number of nitro groups is 1. The van der Waals surface area contributed by atoms with Crippen LogP contribution < -0.4 is 5.32 Å². The van der Waals surface area contributed by atoms with Gasteiger partial charge in [0.15, 0.2) is 0 Å². The molecule has 1 unspecified atom stereocenters. The average Bonchev–Trinajstić information content (AvgIpc) is 3.20. The van der Waals surface area contributed by atoms with E-state index in [-0.39, 0.29) is 17.5 Å². The van der Waals surface area contributed by atoms with Crippen LogP contribution in [0.4, 0.5) is 5.69 Å². The van der Waals surface area contributed by atoms with Crippen LogP contribution in [0.15, 0.2) is 42.5 Å². The molecular weight excluding hydrogens is 444 g/mol. The molecule has 2 saturated heterocycles. The molecule has 35 heavy (non-hydrogen) atoms. The first kappa shape index (κ1) is 24.9. The number of nitrogens with zero attached hydrogens (tertiary/aromatic N) is 3. The lowest BCUT2D eigenvalue weighted by atomic mass is 10.1. The molecule has 8 heteroatoms. The van der Waals surface area contributed by atoms with Gasteiger partial charge in [-0.2, -0.15) is 0 Å². The highest BCUT2D eigenvalue weighted by Gasteiger charge is 2.34. The highest BCUT2D eigenvalue weighted by atomic mass is 16.6. The maximum absolute atomic E-state index is 13.1. The Balaban J connectivity index is 1.36. The van der Waals surface area contributed by atoms with E-state index >= 15 is 0 Å². The lowest BCUT2D eigenvalue weighted by Crippen LogP contribution is -2.45. The lowest BCUT2D eigenvalue weighted by molar-refractivity contribution is -0.385. The monoisotopic (exact) mass is 478 g/mol. The Labute approximate surface area is 206 Å². The quantitative estimate of drug-likeness (QED) is 0.475. The van der Waals surface area contributed by atoms with Crippen molar-refractivity contribution in [2.24, 2.45) is 0 Å². The summed E-state index contributed by atoms with van der Waals surface area (Å²) in [6.45, 7) is 5.74. The maximum atomic E-state index is 13.1. The molecule has 0 bridgehead atoms. The van der Waals surface area contributed by atoms with Crippen LogP contribution >= 0.6 is 0 Å². The second-order valence-corrected chi connectivity index (χ2v) is 9.64. The number of carbonyl (C=O) groups excluding carboxylic acids is 2. The number of hydrogen-bond acceptors (Lipinski definition) is 5. The second-order valence-electron chi connectivity index (χ2n) is 9.64. The Bertz CT molecular complexity index is 1080. The van der Waals surface area contributed by atoms with Crippen molar-refractivity contribution in [1.82, 2.24) is 15.1 Å². The van der Waals surface area contributed by atoms with E-state index in [4.69, 9.17) is 0 Å². The number of carbonyl (C=O) groups is 2. The maximum Gasteiger partial charge on any atom is 0.272 e. The fraction of sp³-hybridized carbons (Fsp3) is 0.481. The molecule has 8 nitrogen and oxygen atoms in total. The van der Waals surface area contributed by atoms with Crippen molar-refractivity contribution in [3.63, 3.8) is 0 Å². The van der Waals surface area contributed by atoms with E-state index < -0.39 is 11.0 Å². The van der Waals surface area contributed by atoms with Crippen LogP contribution in [-0.2, 0) is 17.9 Å². The third kappa shape index (κ3) is 6.25. The van der Waals surface area contributed by atoms with Crippen molar-refractivity contribution in [3.05, 3.63) is 74.8 Å². The number of likely N-dealkylation sites (tertiary alicyclic amines) is 2. The molecule has 1 atom stereocenters. The predicted octanol–water partition coefficient (Wildman–Crippen LogP) is 4.20. The molecule has 2 aromatic carbocycles. The minimum absolute atomic E-state index is 0.0182. The molecule has 0 aromatic heterocycles. The van der Waals surface area contributed by atoms with Crippen molar-refractivity contribution < 1.29 is 14.5 Å². The van der Waals surface area contributed by atoms with E-state index in [1.165, 1.54) is 49.4 Å². The van der Waals surface area contributed by atoms with Gasteiger partial charge >= 0.3 is 0 Å². The van der Waals surface area contributed by atoms with Gasteiger partial charge in [0.05, 0.1) is 4.92 Å². The van der Waals surface area contributed by atoms with Gasteiger partial charge in [0.1, 0.15) is 6.04 Å². The zero-order valence-electron chi connectivity index (χ0n) is 20.4. The minimum atomic E-state index is -0.529. The van der Waals surface area contributed by atoms with Gasteiger partial charge in [0, 0.05) is 36.8 Å². The number of nitro benzene ring substituents is 1. The predicted molar refractivity (Wildman–Crippen MR) is 134 cm³/mol. The summed E-state index contributed by atoms with van der Waals surface area (Å²) in [5, 5.41) is 14.1. The molecule has 0 radical (unpaired) electrons. The molecule has 2 heterocycles. The van der Waals surface area contributed by atoms with Gasteiger partial charge in [-0.3, -0.25) is 24.6 Å². The number of amides is 2. The van der Waals surface area contributed by atoms with Crippen molar-refractivity contribution >= 4 is 17.5 Å². The van der Waals surface area contributed by atoms with E-state index in [0.717, 1.165) is 31.6 Å². The topological polar surface area (TPSA) is 95.8 Å². The molecule has 2 amide bonds. The van der Waals surface area contributed by atoms with E-state index in [1.54, 1.807) is 11.8 Å². The molecule has 2 aliphatic rings. The molecular formula is C27H34N4O4. The number of hydrogen-bond donors (Lipinski definition) is 1. The summed E-state index contributed by atoms with van der Waals surface area (Å²) in [5.41, 5.74) is 3.09. The molecule has 2 aromatic rings. The van der Waals surface area contributed by atoms with Crippen molar-refractivity contribution in [2.75, 3.05) is 19.6 Å². The van der Waals surface area contributed by atoms with Crippen LogP contribution in [0.2, 0.25) is 0 Å². The zero-order chi connectivity index (χ0) is 24.8. The summed E-state index contributed by atoms with van der Waals surface area (Å²) in [5.74, 6) is -0.424. The van der Waals surface area contributed by atoms with Crippen LogP contribution in [0, 0.1) is 17.0 Å². The van der Waals surface area contributed by atoms with Crippen LogP contribution in [0.1, 0.15) is 65.6 Å². The molecule has 4 rings (SSSR count). The largest absolute Gasteiger partial charge is 0.350 e. The summed E-state index contributed by atoms with van der Waals surface area (Å²) >= 11 is 0. The van der Waals surface area contributed by atoms with Gasteiger partial charge in [-0.25, -0.2) is 0 Å². The van der Waals surface area contributed by atoms with Crippen molar-refractivity contribution in [1.29, 1.82) is 0 Å². The van der Waals surface area contributed by atoms with Gasteiger partial charge in [-0.15, -0.1) is 0 Å². The number of benzene rings is 2. The van der Waals surface area contributed by atoms with Crippen LogP contribution in [-0.4, -0.2) is 52.2 Å². The molecule has 0 aliphatic carbocycles. The highest BCUT2D eigenvalue weighted by molar-refractivity contribution is 5.98. The molecule has 0 spiro atoms. The Hall–Kier alpha value is -3.26. The fourth-order valence-electron chi connectivity index (χ4n) is 5.14. The standard InChI is InChI=1S/C27H34N4O4/c1-20-16-23(11-12-24(20)31(34)35)27(33)30-15-7-10-25(30)26(32)28-18-21-8-6-9-22(17-21)19-29-13-4-2-3-5-14-29/h6,8-9,11-12,16-17,25H,2-5,7,10,13-15,18-19H2,1H3,(H,28,32). The fourth-order valence-corrected chi connectivity index (χ4v) is 5.14. The second kappa shape index (κ2) is 11.4. The number of aryl methyl sites for hydroxylation is 1. The van der Waals surface area contributed by atoms with E-state index in [9.17, 15) is 19.7 Å². The first-order valence-corrected chi connectivity index (χ1v) is 12.6. The van der Waals surface area contributed by atoms with Crippen LogP contribution in [0.25, 0.3) is 0 Å². The SMILES string of the molecule is Cc1cc(C(=O)N2CCCC2C(=O)NCc2cccc(CN3CCCCCC3)c2)ccc1[N+](=O)[O-]. The first-order valence-electron chi connectivity index (χ1n) is 12.6. The summed E-state index contributed by atoms with van der Waals surface area (Å²) < 4.78 is 0.